The fourth-order valence-electron chi connectivity index (χ4n) is 2.83. The molecule has 6 heteroatoms. The molecule has 2 aromatic rings. The first-order valence-corrected chi connectivity index (χ1v) is 7.46. The molecule has 3 heterocycles. The molecule has 0 atom stereocenters. The predicted molar refractivity (Wildman–Crippen MR) is 86.9 cm³/mol. The molecule has 0 radical (unpaired) electrons. The minimum atomic E-state index is -0.371. The number of aryl methyl sites for hydroxylation is 1. The summed E-state index contributed by atoms with van der Waals surface area (Å²) in [7, 11) is 0. The van der Waals surface area contributed by atoms with Crippen LogP contribution in [0.4, 0.5) is 4.79 Å². The summed E-state index contributed by atoms with van der Waals surface area (Å²) < 4.78 is 2.07. The quantitative estimate of drug-likeness (QED) is 0.699. The zero-order valence-corrected chi connectivity index (χ0v) is 13.3. The average molecular weight is 310 g/mol. The first-order chi connectivity index (χ1) is 11.0. The Labute approximate surface area is 134 Å². The maximum absolute atomic E-state index is 12.2. The minimum Gasteiger partial charge on any atom is -0.316 e. The number of hydrogen-bond acceptors (Lipinski definition) is 3. The summed E-state index contributed by atoms with van der Waals surface area (Å²) in [4.78, 5) is 29.2. The van der Waals surface area contributed by atoms with Gasteiger partial charge in [-0.25, -0.2) is 4.79 Å². The van der Waals surface area contributed by atoms with E-state index in [0.29, 0.717) is 12.2 Å². The molecule has 1 aliphatic rings. The molecular weight excluding hydrogens is 292 g/mol. The molecule has 1 N–H and O–H groups in total. The SMILES string of the molecule is CCN1C(=O)N/C(=C/c2cc(C)n(-c3cccnc3)c2C)C1=O. The minimum absolute atomic E-state index is 0.288. The Balaban J connectivity index is 2.02. The molecule has 6 nitrogen and oxygen atoms in total. The van der Waals surface area contributed by atoms with Crippen LogP contribution in [0.25, 0.3) is 11.8 Å². The van der Waals surface area contributed by atoms with Crippen LogP contribution in [0.1, 0.15) is 23.9 Å². The largest absolute Gasteiger partial charge is 0.328 e. The third-order valence-electron chi connectivity index (χ3n) is 3.95. The van der Waals surface area contributed by atoms with E-state index in [4.69, 9.17) is 0 Å². The molecule has 1 saturated heterocycles. The molecule has 0 aliphatic carbocycles. The Kier molecular flexibility index (Phi) is 3.73. The first kappa shape index (κ1) is 15.0. The van der Waals surface area contributed by atoms with E-state index in [2.05, 4.69) is 14.9 Å². The predicted octanol–water partition coefficient (Wildman–Crippen LogP) is 2.40. The standard InChI is InChI=1S/C17H18N4O2/c1-4-20-16(22)15(19-17(20)23)9-13-8-11(2)21(12(13)3)14-6-5-7-18-10-14/h5-10H,4H2,1-3H3,(H,19,23)/b15-9+. The van der Waals surface area contributed by atoms with Crippen LogP contribution < -0.4 is 5.32 Å². The summed E-state index contributed by atoms with van der Waals surface area (Å²) in [5.74, 6) is -0.288. The number of rotatable bonds is 3. The van der Waals surface area contributed by atoms with Gasteiger partial charge in [0.2, 0.25) is 0 Å². The Morgan fingerprint density at radius 2 is 2.09 bits per heavy atom. The van der Waals surface area contributed by atoms with Crippen molar-refractivity contribution in [3.63, 3.8) is 0 Å². The summed E-state index contributed by atoms with van der Waals surface area (Å²) in [6, 6.07) is 5.48. The number of carbonyl (C=O) groups is 2. The van der Waals surface area contributed by atoms with Gasteiger partial charge in [0, 0.05) is 24.1 Å². The third-order valence-corrected chi connectivity index (χ3v) is 3.95. The maximum atomic E-state index is 12.2. The van der Waals surface area contributed by atoms with Crippen molar-refractivity contribution in [1.29, 1.82) is 0 Å². The van der Waals surface area contributed by atoms with Gasteiger partial charge in [-0.3, -0.25) is 14.7 Å². The van der Waals surface area contributed by atoms with Gasteiger partial charge >= 0.3 is 6.03 Å². The maximum Gasteiger partial charge on any atom is 0.328 e. The molecule has 118 valence electrons. The molecule has 0 aromatic carbocycles. The lowest BCUT2D eigenvalue weighted by molar-refractivity contribution is -0.122. The van der Waals surface area contributed by atoms with Gasteiger partial charge in [-0.2, -0.15) is 0 Å². The fraction of sp³-hybridized carbons (Fsp3) is 0.235. The van der Waals surface area contributed by atoms with Crippen LogP contribution in [0.5, 0.6) is 0 Å². The number of urea groups is 1. The van der Waals surface area contributed by atoms with Gasteiger partial charge in [-0.05, 0) is 50.6 Å². The highest BCUT2D eigenvalue weighted by atomic mass is 16.2. The van der Waals surface area contributed by atoms with Crippen LogP contribution in [-0.2, 0) is 4.79 Å². The highest BCUT2D eigenvalue weighted by Gasteiger charge is 2.32. The van der Waals surface area contributed by atoms with Gasteiger partial charge in [-0.15, -0.1) is 0 Å². The molecule has 0 spiro atoms. The Morgan fingerprint density at radius 3 is 2.70 bits per heavy atom. The van der Waals surface area contributed by atoms with Gasteiger partial charge in [0.1, 0.15) is 5.70 Å². The molecule has 0 bridgehead atoms. The topological polar surface area (TPSA) is 67.2 Å². The number of pyridine rings is 1. The summed E-state index contributed by atoms with van der Waals surface area (Å²) >= 11 is 0. The van der Waals surface area contributed by atoms with Crippen molar-refractivity contribution >= 4 is 18.0 Å². The molecule has 23 heavy (non-hydrogen) atoms. The van der Waals surface area contributed by atoms with Crippen molar-refractivity contribution in [2.45, 2.75) is 20.8 Å². The van der Waals surface area contributed by atoms with Crippen molar-refractivity contribution in [1.82, 2.24) is 19.8 Å². The summed E-state index contributed by atoms with van der Waals surface area (Å²) in [5.41, 5.74) is 4.19. The molecule has 1 aliphatic heterocycles. The van der Waals surface area contributed by atoms with E-state index in [-0.39, 0.29) is 11.9 Å². The molecule has 0 unspecified atom stereocenters. The second-order valence-electron chi connectivity index (χ2n) is 5.41. The van der Waals surface area contributed by atoms with Crippen molar-refractivity contribution in [3.8, 4) is 5.69 Å². The van der Waals surface area contributed by atoms with Gasteiger partial charge in [0.15, 0.2) is 0 Å². The van der Waals surface area contributed by atoms with E-state index in [9.17, 15) is 9.59 Å². The number of nitrogens with zero attached hydrogens (tertiary/aromatic N) is 3. The zero-order valence-electron chi connectivity index (χ0n) is 13.3. The van der Waals surface area contributed by atoms with Crippen LogP contribution >= 0.6 is 0 Å². The number of likely N-dealkylation sites (N-methyl/N-ethyl adjacent to an activating group) is 1. The van der Waals surface area contributed by atoms with Crippen molar-refractivity contribution in [2.24, 2.45) is 0 Å². The van der Waals surface area contributed by atoms with Crippen LogP contribution in [-0.4, -0.2) is 32.9 Å². The summed E-state index contributed by atoms with van der Waals surface area (Å²) in [6.07, 6.45) is 5.25. The van der Waals surface area contributed by atoms with Gasteiger partial charge in [0.25, 0.3) is 5.91 Å². The van der Waals surface area contributed by atoms with Crippen molar-refractivity contribution in [2.75, 3.05) is 6.54 Å². The molecule has 1 fully saturated rings. The molecule has 0 saturated carbocycles. The smallest absolute Gasteiger partial charge is 0.316 e. The van der Waals surface area contributed by atoms with Crippen molar-refractivity contribution in [3.05, 3.63) is 53.2 Å². The van der Waals surface area contributed by atoms with E-state index >= 15 is 0 Å². The van der Waals surface area contributed by atoms with Gasteiger partial charge in [-0.1, -0.05) is 0 Å². The molecule has 2 aromatic heterocycles. The number of hydrogen-bond donors (Lipinski definition) is 1. The molecule has 3 amide bonds. The zero-order chi connectivity index (χ0) is 16.6. The lowest BCUT2D eigenvalue weighted by Gasteiger charge is -2.08. The number of imide groups is 1. The third kappa shape index (κ3) is 2.52. The number of amides is 3. The first-order valence-electron chi connectivity index (χ1n) is 7.46. The molecule has 3 rings (SSSR count). The van der Waals surface area contributed by atoms with Crippen molar-refractivity contribution < 1.29 is 9.59 Å². The van der Waals surface area contributed by atoms with E-state index in [1.165, 1.54) is 4.90 Å². The summed E-state index contributed by atoms with van der Waals surface area (Å²) in [5, 5.41) is 2.63. The van der Waals surface area contributed by atoms with E-state index < -0.39 is 0 Å². The van der Waals surface area contributed by atoms with Crippen LogP contribution in [0.15, 0.2) is 36.3 Å². The monoisotopic (exact) mass is 310 g/mol. The van der Waals surface area contributed by atoms with Crippen LogP contribution in [0.2, 0.25) is 0 Å². The second-order valence-corrected chi connectivity index (χ2v) is 5.41. The Morgan fingerprint density at radius 1 is 1.30 bits per heavy atom. The highest BCUT2D eigenvalue weighted by molar-refractivity contribution is 6.14. The van der Waals surface area contributed by atoms with Crippen LogP contribution in [0, 0.1) is 13.8 Å². The normalized spacial score (nSPS) is 16.3. The number of nitrogens with one attached hydrogen (secondary N) is 1. The average Bonchev–Trinajstić information content (AvgIpc) is 2.96. The molecular formula is C17H18N4O2. The van der Waals surface area contributed by atoms with E-state index in [1.54, 1.807) is 25.4 Å². The summed E-state index contributed by atoms with van der Waals surface area (Å²) in [6.45, 7) is 6.10. The number of aromatic nitrogens is 2. The fourth-order valence-corrected chi connectivity index (χ4v) is 2.83. The van der Waals surface area contributed by atoms with Gasteiger partial charge in [0.05, 0.1) is 11.9 Å². The van der Waals surface area contributed by atoms with Gasteiger partial charge < -0.3 is 9.88 Å². The lowest BCUT2D eigenvalue weighted by atomic mass is 10.2. The van der Waals surface area contributed by atoms with E-state index in [0.717, 1.165) is 22.6 Å². The number of carbonyl (C=O) groups excluding carboxylic acids is 2. The Bertz CT molecular complexity index is 806. The van der Waals surface area contributed by atoms with E-state index in [1.807, 2.05) is 32.0 Å². The highest BCUT2D eigenvalue weighted by Crippen LogP contribution is 2.23. The lowest BCUT2D eigenvalue weighted by Crippen LogP contribution is -2.30. The van der Waals surface area contributed by atoms with Crippen LogP contribution in [0.3, 0.4) is 0 Å². The second kappa shape index (κ2) is 5.72. The Hall–Kier alpha value is -2.89.